The Labute approximate surface area is 448 Å². The predicted octanol–water partition coefficient (Wildman–Crippen LogP) is 18.0. The first-order valence-corrected chi connectivity index (χ1v) is 26.2. The van der Waals surface area contributed by atoms with Gasteiger partial charge in [0, 0.05) is 32.7 Å². The summed E-state index contributed by atoms with van der Waals surface area (Å²) in [5, 5.41) is 4.77. The standard InChI is InChI=1S/C72H53N5/c1-48(50-21-8-4-9-22-50)41-67(53-27-14-7-15-28-53)75-49(2)77-69-34-19-17-31-61(69)63-39-37-55(44-71(63)77)54-35-36-56-42-58-29-20-32-59(72(58)64(56)43-54)57-38-40-62-60-30-16-18-33-68(60)76(70(62)45-57)47-74-66(52-25-12-6-13-26-52)46-65(73-3)51-23-10-5-11-24-51/h4-41,43-46H,1,3,42,47H2,2H3/b65-46-,67-41-,74-66?,75-49?. The molecular weight excluding hydrogens is 935 g/mol. The van der Waals surface area contributed by atoms with Crippen molar-refractivity contribution in [3.8, 4) is 33.4 Å². The zero-order chi connectivity index (χ0) is 51.8. The molecule has 0 bridgehead atoms. The lowest BCUT2D eigenvalue weighted by molar-refractivity contribution is 0.793. The average molecular weight is 988 g/mol. The smallest absolute Gasteiger partial charge is 0.115 e. The molecule has 77 heavy (non-hydrogen) atoms. The molecule has 0 amide bonds. The van der Waals surface area contributed by atoms with Gasteiger partial charge in [0.1, 0.15) is 12.5 Å². The molecule has 0 aliphatic heterocycles. The monoisotopic (exact) mass is 987 g/mol. The van der Waals surface area contributed by atoms with Crippen molar-refractivity contribution in [1.29, 1.82) is 0 Å². The summed E-state index contributed by atoms with van der Waals surface area (Å²) >= 11 is 0. The number of fused-ring (bicyclic) bond motifs is 9. The Hall–Kier alpha value is -9.97. The Morgan fingerprint density at radius 2 is 1.00 bits per heavy atom. The summed E-state index contributed by atoms with van der Waals surface area (Å²) in [4.78, 5) is 15.3. The second kappa shape index (κ2) is 20.0. The normalized spacial score (nSPS) is 12.9. The number of hydrogen-bond acceptors (Lipinski definition) is 3. The summed E-state index contributed by atoms with van der Waals surface area (Å²) in [5.41, 5.74) is 21.9. The minimum Gasteiger partial charge on any atom is -0.320 e. The lowest BCUT2D eigenvalue weighted by atomic mass is 9.92. The molecule has 12 aromatic rings. The topological polar surface area (TPSA) is 46.9 Å². The molecule has 13 rings (SSSR count). The number of aromatic nitrogens is 2. The highest BCUT2D eigenvalue weighted by molar-refractivity contribution is 6.16. The van der Waals surface area contributed by atoms with Crippen LogP contribution in [-0.4, -0.2) is 27.4 Å². The zero-order valence-electron chi connectivity index (χ0n) is 42.8. The molecule has 0 saturated carbocycles. The van der Waals surface area contributed by atoms with E-state index in [1.165, 1.54) is 60.5 Å². The van der Waals surface area contributed by atoms with Crippen molar-refractivity contribution in [3.63, 3.8) is 0 Å². The summed E-state index contributed by atoms with van der Waals surface area (Å²) in [5.74, 6) is 0.871. The van der Waals surface area contributed by atoms with E-state index in [0.29, 0.717) is 6.67 Å². The van der Waals surface area contributed by atoms with Gasteiger partial charge in [0.2, 0.25) is 0 Å². The van der Waals surface area contributed by atoms with E-state index in [-0.39, 0.29) is 0 Å². The van der Waals surface area contributed by atoms with Gasteiger partial charge in [-0.15, -0.1) is 0 Å². The molecule has 0 radical (unpaired) electrons. The first kappa shape index (κ1) is 46.8. The highest BCUT2D eigenvalue weighted by Gasteiger charge is 2.24. The van der Waals surface area contributed by atoms with Crippen LogP contribution >= 0.6 is 0 Å². The Bertz CT molecular complexity index is 4400. The van der Waals surface area contributed by atoms with Gasteiger partial charge in [-0.05, 0) is 124 Å². The molecule has 2 aromatic heterocycles. The minimum atomic E-state index is 0.413. The lowest BCUT2D eigenvalue weighted by Gasteiger charge is -2.13. The van der Waals surface area contributed by atoms with Crippen molar-refractivity contribution in [2.45, 2.75) is 20.0 Å². The van der Waals surface area contributed by atoms with Crippen molar-refractivity contribution in [1.82, 2.24) is 9.13 Å². The molecule has 0 unspecified atom stereocenters. The average Bonchev–Trinajstić information content (AvgIpc) is 4.17. The van der Waals surface area contributed by atoms with Crippen LogP contribution in [0.4, 0.5) is 0 Å². The molecular formula is C72H53N5. The third-order valence-corrected chi connectivity index (χ3v) is 15.1. The molecule has 5 heteroatoms. The quantitative estimate of drug-likeness (QED) is 0.0665. The van der Waals surface area contributed by atoms with Crippen molar-refractivity contribution < 1.29 is 0 Å². The summed E-state index contributed by atoms with van der Waals surface area (Å²) < 4.78 is 4.67. The number of allylic oxidation sites excluding steroid dienone is 3. The number of hydrogen-bond donors (Lipinski definition) is 0. The van der Waals surface area contributed by atoms with Gasteiger partial charge in [-0.3, -0.25) is 14.6 Å². The molecule has 0 fully saturated rings. The molecule has 0 spiro atoms. The molecule has 10 aromatic carbocycles. The van der Waals surface area contributed by atoms with Crippen LogP contribution < -0.4 is 0 Å². The molecule has 1 aliphatic carbocycles. The number of benzene rings is 10. The van der Waals surface area contributed by atoms with Gasteiger partial charge < -0.3 is 4.57 Å². The number of aliphatic imine (C=N–C) groups is 3. The Kier molecular flexibility index (Phi) is 12.2. The Balaban J connectivity index is 0.898. The predicted molar refractivity (Wildman–Crippen MR) is 327 cm³/mol. The van der Waals surface area contributed by atoms with E-state index >= 15 is 0 Å². The second-order valence-corrected chi connectivity index (χ2v) is 19.7. The largest absolute Gasteiger partial charge is 0.320 e. The van der Waals surface area contributed by atoms with E-state index in [9.17, 15) is 0 Å². The van der Waals surface area contributed by atoms with E-state index in [2.05, 4.69) is 241 Å². The number of para-hydroxylation sites is 2. The fourth-order valence-electron chi connectivity index (χ4n) is 11.4. The van der Waals surface area contributed by atoms with Crippen LogP contribution in [0, 0.1) is 0 Å². The van der Waals surface area contributed by atoms with Crippen LogP contribution in [0.15, 0.2) is 276 Å². The Morgan fingerprint density at radius 1 is 0.455 bits per heavy atom. The maximum Gasteiger partial charge on any atom is 0.115 e. The van der Waals surface area contributed by atoms with Crippen LogP contribution in [0.5, 0.6) is 0 Å². The van der Waals surface area contributed by atoms with Gasteiger partial charge in [0.05, 0.1) is 39.2 Å². The van der Waals surface area contributed by atoms with Crippen molar-refractivity contribution >= 4 is 78.8 Å². The van der Waals surface area contributed by atoms with E-state index in [1.54, 1.807) is 0 Å². The van der Waals surface area contributed by atoms with Gasteiger partial charge in [-0.2, -0.15) is 0 Å². The molecule has 0 atom stereocenters. The first-order chi connectivity index (χ1) is 38.0. The van der Waals surface area contributed by atoms with E-state index in [1.807, 2.05) is 48.5 Å². The molecule has 366 valence electrons. The fourth-order valence-corrected chi connectivity index (χ4v) is 11.4. The third-order valence-electron chi connectivity index (χ3n) is 15.1. The summed E-state index contributed by atoms with van der Waals surface area (Å²) in [6.45, 7) is 10.9. The lowest BCUT2D eigenvalue weighted by Crippen LogP contribution is -2.07. The molecule has 1 aliphatic rings. The molecule has 0 N–H and O–H groups in total. The van der Waals surface area contributed by atoms with Crippen LogP contribution in [0.25, 0.3) is 94.0 Å². The van der Waals surface area contributed by atoms with Crippen LogP contribution in [0.2, 0.25) is 0 Å². The van der Waals surface area contributed by atoms with Crippen molar-refractivity contribution in [2.24, 2.45) is 15.0 Å². The Morgan fingerprint density at radius 3 is 1.70 bits per heavy atom. The van der Waals surface area contributed by atoms with E-state index in [0.717, 1.165) is 84.8 Å². The summed E-state index contributed by atoms with van der Waals surface area (Å²) in [6.07, 6.45) is 5.03. The van der Waals surface area contributed by atoms with Crippen LogP contribution in [0.1, 0.15) is 40.3 Å². The maximum absolute atomic E-state index is 5.42. The highest BCUT2D eigenvalue weighted by atomic mass is 15.1. The third kappa shape index (κ3) is 8.74. The number of rotatable bonds is 12. The molecule has 0 saturated heterocycles. The van der Waals surface area contributed by atoms with E-state index in [4.69, 9.17) is 9.98 Å². The van der Waals surface area contributed by atoms with Gasteiger partial charge >= 0.3 is 0 Å². The van der Waals surface area contributed by atoms with Crippen LogP contribution in [0.3, 0.4) is 0 Å². The summed E-state index contributed by atoms with van der Waals surface area (Å²) in [6, 6.07) is 86.2. The van der Waals surface area contributed by atoms with Crippen molar-refractivity contribution in [3.05, 3.63) is 295 Å². The second-order valence-electron chi connectivity index (χ2n) is 19.7. The van der Waals surface area contributed by atoms with Crippen LogP contribution in [-0.2, 0) is 13.1 Å². The van der Waals surface area contributed by atoms with E-state index < -0.39 is 0 Å². The number of nitrogens with zero attached hydrogens (tertiary/aromatic N) is 5. The molecule has 5 nitrogen and oxygen atoms in total. The van der Waals surface area contributed by atoms with Gasteiger partial charge in [-0.25, -0.2) is 4.99 Å². The first-order valence-electron chi connectivity index (χ1n) is 26.2. The minimum absolute atomic E-state index is 0.413. The molecule has 2 heterocycles. The van der Waals surface area contributed by atoms with Gasteiger partial charge in [0.25, 0.3) is 0 Å². The van der Waals surface area contributed by atoms with Gasteiger partial charge in [0.15, 0.2) is 0 Å². The maximum atomic E-state index is 5.42. The van der Waals surface area contributed by atoms with Crippen molar-refractivity contribution in [2.75, 3.05) is 0 Å². The fraction of sp³-hybridized carbons (Fsp3) is 0.0417. The van der Waals surface area contributed by atoms with Gasteiger partial charge in [-0.1, -0.05) is 219 Å². The highest BCUT2D eigenvalue weighted by Crippen LogP contribution is 2.46. The summed E-state index contributed by atoms with van der Waals surface area (Å²) in [7, 11) is 0. The SMILES string of the molecule is C=N/C(=C\C(=NCn1c2ccccc2c2ccc(-c3cccc4c3-c3cc(-c5ccc6c7ccccc7n(C(C)=N/C(=C\C(=C)c7ccccc7)c7ccccc7)c6c5)ccc3C4)cc21)c1ccccc1)c1ccccc1. The zero-order valence-corrected chi connectivity index (χ0v) is 42.8.